The van der Waals surface area contributed by atoms with E-state index in [1.165, 1.54) is 61.3 Å². The lowest BCUT2D eigenvalue weighted by molar-refractivity contribution is 0.0949. The molecule has 1 saturated carbocycles. The van der Waals surface area contributed by atoms with Crippen molar-refractivity contribution in [2.45, 2.75) is 45.4 Å². The number of nitrogens with one attached hydrogen (secondary N) is 1. The number of aromatic nitrogens is 4. The molecule has 1 amide bonds. The number of rotatable bonds is 5. The van der Waals surface area contributed by atoms with Crippen molar-refractivity contribution in [3.05, 3.63) is 47.7 Å². The van der Waals surface area contributed by atoms with E-state index < -0.39 is 0 Å². The van der Waals surface area contributed by atoms with E-state index in [4.69, 9.17) is 0 Å². The Labute approximate surface area is 163 Å². The molecule has 0 atom stereocenters. The summed E-state index contributed by atoms with van der Waals surface area (Å²) in [5.74, 6) is 0.518. The lowest BCUT2D eigenvalue weighted by atomic mass is 9.87. The molecule has 0 saturated heterocycles. The van der Waals surface area contributed by atoms with E-state index in [-0.39, 0.29) is 11.7 Å². The summed E-state index contributed by atoms with van der Waals surface area (Å²) in [4.78, 5) is 20.9. The zero-order chi connectivity index (χ0) is 19.5. The Kier molecular flexibility index (Phi) is 5.32. The van der Waals surface area contributed by atoms with Gasteiger partial charge in [-0.05, 0) is 31.4 Å². The van der Waals surface area contributed by atoms with E-state index in [9.17, 15) is 9.18 Å². The Morgan fingerprint density at radius 1 is 1.21 bits per heavy atom. The van der Waals surface area contributed by atoms with Gasteiger partial charge in [-0.1, -0.05) is 32.1 Å². The maximum absolute atomic E-state index is 13.6. The summed E-state index contributed by atoms with van der Waals surface area (Å²) in [7, 11) is 0. The molecule has 1 aliphatic rings. The third-order valence-corrected chi connectivity index (χ3v) is 5.48. The van der Waals surface area contributed by atoms with Crippen molar-refractivity contribution in [3.8, 4) is 5.95 Å². The van der Waals surface area contributed by atoms with E-state index in [0.29, 0.717) is 23.6 Å². The van der Waals surface area contributed by atoms with Gasteiger partial charge in [0.2, 0.25) is 0 Å². The maximum atomic E-state index is 13.6. The number of fused-ring (bicyclic) bond motifs is 1. The molecule has 4 rings (SSSR count). The molecule has 7 heteroatoms. The van der Waals surface area contributed by atoms with Gasteiger partial charge in [0, 0.05) is 30.4 Å². The monoisotopic (exact) mass is 381 g/mol. The van der Waals surface area contributed by atoms with Gasteiger partial charge in [-0.25, -0.2) is 14.4 Å². The average molecular weight is 381 g/mol. The summed E-state index contributed by atoms with van der Waals surface area (Å²) in [5.41, 5.74) is 1.78. The van der Waals surface area contributed by atoms with Gasteiger partial charge in [0.1, 0.15) is 5.82 Å². The number of halogens is 1. The normalized spacial score (nSPS) is 15.1. The summed E-state index contributed by atoms with van der Waals surface area (Å²) < 4.78 is 15.1. The van der Waals surface area contributed by atoms with Crippen LogP contribution in [0.1, 0.15) is 54.6 Å². The Morgan fingerprint density at radius 3 is 2.71 bits per heavy atom. The van der Waals surface area contributed by atoms with E-state index in [1.54, 1.807) is 6.07 Å². The highest BCUT2D eigenvalue weighted by Gasteiger charge is 2.15. The number of benzene rings is 1. The smallest absolute Gasteiger partial charge is 0.254 e. The van der Waals surface area contributed by atoms with Crippen LogP contribution in [0.25, 0.3) is 16.9 Å². The van der Waals surface area contributed by atoms with Crippen LogP contribution in [0.3, 0.4) is 0 Å². The van der Waals surface area contributed by atoms with Crippen LogP contribution in [0.5, 0.6) is 0 Å². The minimum absolute atomic E-state index is 0.171. The first-order chi connectivity index (χ1) is 13.6. The molecular weight excluding hydrogens is 357 g/mol. The Hall–Kier alpha value is -2.83. The van der Waals surface area contributed by atoms with Gasteiger partial charge >= 0.3 is 0 Å². The third-order valence-electron chi connectivity index (χ3n) is 5.48. The van der Waals surface area contributed by atoms with Crippen molar-refractivity contribution >= 4 is 16.8 Å². The van der Waals surface area contributed by atoms with Crippen LogP contribution < -0.4 is 5.32 Å². The fourth-order valence-corrected chi connectivity index (χ4v) is 3.91. The number of aryl methyl sites for hydroxylation is 1. The van der Waals surface area contributed by atoms with Gasteiger partial charge in [0.25, 0.3) is 11.9 Å². The largest absolute Gasteiger partial charge is 0.352 e. The molecule has 0 unspecified atom stereocenters. The van der Waals surface area contributed by atoms with E-state index in [2.05, 4.69) is 20.4 Å². The van der Waals surface area contributed by atoms with Crippen molar-refractivity contribution < 1.29 is 9.18 Å². The Balaban J connectivity index is 1.44. The highest BCUT2D eigenvalue weighted by molar-refractivity contribution is 5.93. The molecule has 0 bridgehead atoms. The molecule has 6 nitrogen and oxygen atoms in total. The van der Waals surface area contributed by atoms with Crippen molar-refractivity contribution in [3.63, 3.8) is 0 Å². The van der Waals surface area contributed by atoms with E-state index in [0.717, 1.165) is 23.4 Å². The average Bonchev–Trinajstić information content (AvgIpc) is 3.04. The van der Waals surface area contributed by atoms with Gasteiger partial charge in [-0.3, -0.25) is 4.79 Å². The number of amides is 1. The quantitative estimate of drug-likeness (QED) is 0.726. The highest BCUT2D eigenvalue weighted by Crippen LogP contribution is 2.25. The molecule has 1 aliphatic carbocycles. The summed E-state index contributed by atoms with van der Waals surface area (Å²) in [6, 6.07) is 4.51. The lowest BCUT2D eigenvalue weighted by Gasteiger charge is -2.21. The SMILES string of the molecule is Cc1nn(-c2ncc(C(=O)NCCC3CCCCC3)cn2)c2cc(F)ccc12. The van der Waals surface area contributed by atoms with Gasteiger partial charge in [0.05, 0.1) is 16.8 Å². The lowest BCUT2D eigenvalue weighted by Crippen LogP contribution is -2.26. The molecule has 1 N–H and O–H groups in total. The number of carbonyl (C=O) groups excluding carboxylic acids is 1. The van der Waals surface area contributed by atoms with Crippen LogP contribution in [0.15, 0.2) is 30.6 Å². The van der Waals surface area contributed by atoms with E-state index >= 15 is 0 Å². The van der Waals surface area contributed by atoms with Gasteiger partial charge in [-0.15, -0.1) is 0 Å². The molecule has 0 aliphatic heterocycles. The fourth-order valence-electron chi connectivity index (χ4n) is 3.91. The van der Waals surface area contributed by atoms with Crippen molar-refractivity contribution in [2.24, 2.45) is 5.92 Å². The van der Waals surface area contributed by atoms with Gasteiger partial charge in [-0.2, -0.15) is 9.78 Å². The number of carbonyl (C=O) groups is 1. The molecule has 0 spiro atoms. The van der Waals surface area contributed by atoms with Crippen molar-refractivity contribution in [2.75, 3.05) is 6.54 Å². The molecule has 2 heterocycles. The van der Waals surface area contributed by atoms with E-state index in [1.807, 2.05) is 6.92 Å². The van der Waals surface area contributed by atoms with Crippen LogP contribution in [0, 0.1) is 18.7 Å². The summed E-state index contributed by atoms with van der Waals surface area (Å²) >= 11 is 0. The minimum atomic E-state index is -0.345. The number of nitrogens with zero attached hydrogens (tertiary/aromatic N) is 4. The molecule has 1 aromatic carbocycles. The second kappa shape index (κ2) is 8.04. The molecule has 2 aromatic heterocycles. The summed E-state index contributed by atoms with van der Waals surface area (Å²) in [6.07, 6.45) is 10.5. The van der Waals surface area contributed by atoms with Crippen LogP contribution in [0.4, 0.5) is 4.39 Å². The topological polar surface area (TPSA) is 72.7 Å². The second-order valence-electron chi connectivity index (χ2n) is 7.48. The zero-order valence-corrected chi connectivity index (χ0v) is 16.0. The third kappa shape index (κ3) is 3.88. The van der Waals surface area contributed by atoms with Crippen LogP contribution in [-0.2, 0) is 0 Å². The van der Waals surface area contributed by atoms with Crippen molar-refractivity contribution in [1.82, 2.24) is 25.1 Å². The van der Waals surface area contributed by atoms with Gasteiger partial charge < -0.3 is 5.32 Å². The first kappa shape index (κ1) is 18.5. The number of hydrogen-bond acceptors (Lipinski definition) is 4. The minimum Gasteiger partial charge on any atom is -0.352 e. The fraction of sp³-hybridized carbons (Fsp3) is 0.429. The standard InChI is InChI=1S/C21H24FN5O/c1-14-18-8-7-17(22)11-19(18)27(26-14)21-24-12-16(13-25-21)20(28)23-10-9-15-5-3-2-4-6-15/h7-8,11-13,15H,2-6,9-10H2,1H3,(H,23,28). The van der Waals surface area contributed by atoms with Crippen LogP contribution in [-0.4, -0.2) is 32.2 Å². The Bertz CT molecular complexity index is 976. The number of hydrogen-bond donors (Lipinski definition) is 1. The molecule has 28 heavy (non-hydrogen) atoms. The van der Waals surface area contributed by atoms with Crippen molar-refractivity contribution in [1.29, 1.82) is 0 Å². The predicted molar refractivity (Wildman–Crippen MR) is 105 cm³/mol. The summed E-state index contributed by atoms with van der Waals surface area (Å²) in [6.45, 7) is 2.53. The second-order valence-corrected chi connectivity index (χ2v) is 7.48. The Morgan fingerprint density at radius 2 is 1.96 bits per heavy atom. The maximum Gasteiger partial charge on any atom is 0.254 e. The first-order valence-electron chi connectivity index (χ1n) is 9.87. The first-order valence-corrected chi connectivity index (χ1v) is 9.87. The predicted octanol–water partition coefficient (Wildman–Crippen LogP) is 3.96. The highest BCUT2D eigenvalue weighted by atomic mass is 19.1. The summed E-state index contributed by atoms with van der Waals surface area (Å²) in [5, 5.41) is 8.20. The molecule has 0 radical (unpaired) electrons. The van der Waals surface area contributed by atoms with Crippen LogP contribution >= 0.6 is 0 Å². The molecule has 146 valence electrons. The zero-order valence-electron chi connectivity index (χ0n) is 16.0. The molecule has 3 aromatic rings. The molecular formula is C21H24FN5O. The van der Waals surface area contributed by atoms with Crippen LogP contribution in [0.2, 0.25) is 0 Å². The molecule has 1 fully saturated rings. The van der Waals surface area contributed by atoms with Gasteiger partial charge in [0.15, 0.2) is 0 Å².